The highest BCUT2D eigenvalue weighted by Gasteiger charge is 2.15. The van der Waals surface area contributed by atoms with Gasteiger partial charge in [0, 0.05) is 31.9 Å². The molecular formula is C12H18N2O2. The molecule has 1 heterocycles. The number of hydrogen-bond acceptors (Lipinski definition) is 4. The Morgan fingerprint density at radius 1 is 1.12 bits per heavy atom. The Morgan fingerprint density at radius 2 is 1.75 bits per heavy atom. The van der Waals surface area contributed by atoms with E-state index in [-0.39, 0.29) is 6.73 Å². The van der Waals surface area contributed by atoms with Crippen LogP contribution in [0.3, 0.4) is 0 Å². The Morgan fingerprint density at radius 3 is 2.25 bits per heavy atom. The molecule has 1 saturated heterocycles. The Bertz CT molecular complexity index is 318. The number of rotatable bonds is 3. The lowest BCUT2D eigenvalue weighted by Crippen LogP contribution is -2.46. The molecule has 1 aromatic rings. The Kier molecular flexibility index (Phi) is 3.64. The van der Waals surface area contributed by atoms with Gasteiger partial charge in [0.1, 0.15) is 5.75 Å². The Balaban J connectivity index is 1.97. The lowest BCUT2D eigenvalue weighted by Gasteiger charge is -2.35. The maximum absolute atomic E-state index is 9.01. The molecule has 0 radical (unpaired) electrons. The van der Waals surface area contributed by atoms with Crippen LogP contribution in [0.4, 0.5) is 5.69 Å². The minimum Gasteiger partial charge on any atom is -0.497 e. The summed E-state index contributed by atoms with van der Waals surface area (Å²) in [6.45, 7) is 3.93. The first-order chi connectivity index (χ1) is 7.83. The van der Waals surface area contributed by atoms with Crippen molar-refractivity contribution in [1.29, 1.82) is 0 Å². The lowest BCUT2D eigenvalue weighted by molar-refractivity contribution is 0.102. The second-order valence-electron chi connectivity index (χ2n) is 3.94. The van der Waals surface area contributed by atoms with E-state index in [2.05, 4.69) is 17.0 Å². The zero-order valence-corrected chi connectivity index (χ0v) is 9.59. The molecule has 0 bridgehead atoms. The minimum atomic E-state index is 0.163. The maximum atomic E-state index is 9.01. The van der Waals surface area contributed by atoms with Crippen molar-refractivity contribution in [3.05, 3.63) is 24.3 Å². The molecule has 88 valence electrons. The first kappa shape index (κ1) is 11.2. The zero-order chi connectivity index (χ0) is 11.4. The van der Waals surface area contributed by atoms with E-state index < -0.39 is 0 Å². The molecule has 1 aliphatic heterocycles. The van der Waals surface area contributed by atoms with Gasteiger partial charge in [0.15, 0.2) is 0 Å². The number of aliphatic hydroxyl groups is 1. The van der Waals surface area contributed by atoms with Crippen LogP contribution in [0.1, 0.15) is 0 Å². The number of hydrogen-bond donors (Lipinski definition) is 1. The van der Waals surface area contributed by atoms with Gasteiger partial charge in [0.2, 0.25) is 0 Å². The number of nitrogens with zero attached hydrogens (tertiary/aromatic N) is 2. The summed E-state index contributed by atoms with van der Waals surface area (Å²) in [5, 5.41) is 9.01. The smallest absolute Gasteiger partial charge is 0.119 e. The fraction of sp³-hybridized carbons (Fsp3) is 0.500. The average Bonchev–Trinajstić information content (AvgIpc) is 2.39. The molecule has 0 unspecified atom stereocenters. The standard InChI is InChI=1S/C12H18N2O2/c1-16-12-4-2-11(3-5-12)14-8-6-13(10-15)7-9-14/h2-5,15H,6-10H2,1H3. The van der Waals surface area contributed by atoms with Gasteiger partial charge in [-0.15, -0.1) is 0 Å². The summed E-state index contributed by atoms with van der Waals surface area (Å²) in [7, 11) is 1.68. The third-order valence-corrected chi connectivity index (χ3v) is 3.01. The van der Waals surface area contributed by atoms with Crippen LogP contribution in [-0.4, -0.2) is 50.0 Å². The van der Waals surface area contributed by atoms with Gasteiger partial charge >= 0.3 is 0 Å². The summed E-state index contributed by atoms with van der Waals surface area (Å²) < 4.78 is 5.13. The van der Waals surface area contributed by atoms with Gasteiger partial charge in [-0.05, 0) is 24.3 Å². The third-order valence-electron chi connectivity index (χ3n) is 3.01. The predicted molar refractivity (Wildman–Crippen MR) is 63.9 cm³/mol. The maximum Gasteiger partial charge on any atom is 0.119 e. The summed E-state index contributed by atoms with van der Waals surface area (Å²) in [6, 6.07) is 8.11. The van der Waals surface area contributed by atoms with Crippen LogP contribution in [-0.2, 0) is 0 Å². The van der Waals surface area contributed by atoms with Crippen molar-refractivity contribution in [3.63, 3.8) is 0 Å². The van der Waals surface area contributed by atoms with E-state index in [0.717, 1.165) is 31.9 Å². The van der Waals surface area contributed by atoms with E-state index in [4.69, 9.17) is 9.84 Å². The molecule has 4 nitrogen and oxygen atoms in total. The Labute approximate surface area is 96.0 Å². The second kappa shape index (κ2) is 5.18. The Hall–Kier alpha value is -1.26. The number of methoxy groups -OCH3 is 1. The van der Waals surface area contributed by atoms with Crippen LogP contribution < -0.4 is 9.64 Å². The molecule has 0 aromatic heterocycles. The van der Waals surface area contributed by atoms with E-state index in [0.29, 0.717) is 0 Å². The average molecular weight is 222 g/mol. The third kappa shape index (κ3) is 2.46. The van der Waals surface area contributed by atoms with Crippen LogP contribution >= 0.6 is 0 Å². The monoisotopic (exact) mass is 222 g/mol. The van der Waals surface area contributed by atoms with Crippen LogP contribution in [0.25, 0.3) is 0 Å². The molecule has 2 rings (SSSR count). The van der Waals surface area contributed by atoms with Gasteiger partial charge in [-0.3, -0.25) is 4.90 Å². The van der Waals surface area contributed by atoms with Gasteiger partial charge in [-0.25, -0.2) is 0 Å². The molecule has 0 aliphatic carbocycles. The van der Waals surface area contributed by atoms with Crippen molar-refractivity contribution >= 4 is 5.69 Å². The van der Waals surface area contributed by atoms with Crippen molar-refractivity contribution in [2.24, 2.45) is 0 Å². The summed E-state index contributed by atoms with van der Waals surface area (Å²) in [4.78, 5) is 4.37. The number of benzene rings is 1. The van der Waals surface area contributed by atoms with Crippen molar-refractivity contribution in [1.82, 2.24) is 4.90 Å². The van der Waals surface area contributed by atoms with E-state index in [9.17, 15) is 0 Å². The molecule has 16 heavy (non-hydrogen) atoms. The van der Waals surface area contributed by atoms with Crippen molar-refractivity contribution in [3.8, 4) is 5.75 Å². The van der Waals surface area contributed by atoms with Crippen LogP contribution in [0.2, 0.25) is 0 Å². The molecule has 0 spiro atoms. The van der Waals surface area contributed by atoms with E-state index >= 15 is 0 Å². The van der Waals surface area contributed by atoms with Gasteiger partial charge in [-0.1, -0.05) is 0 Å². The van der Waals surface area contributed by atoms with Crippen LogP contribution in [0, 0.1) is 0 Å². The molecule has 0 saturated carbocycles. The molecule has 0 amide bonds. The van der Waals surface area contributed by atoms with Crippen molar-refractivity contribution in [2.75, 3.05) is 44.9 Å². The van der Waals surface area contributed by atoms with Gasteiger partial charge in [0.25, 0.3) is 0 Å². The van der Waals surface area contributed by atoms with E-state index in [1.807, 2.05) is 17.0 Å². The molecule has 4 heteroatoms. The molecular weight excluding hydrogens is 204 g/mol. The number of anilines is 1. The van der Waals surface area contributed by atoms with E-state index in [1.165, 1.54) is 5.69 Å². The molecule has 1 N–H and O–H groups in total. The molecule has 1 aromatic carbocycles. The number of piperazine rings is 1. The largest absolute Gasteiger partial charge is 0.497 e. The van der Waals surface area contributed by atoms with E-state index in [1.54, 1.807) is 7.11 Å². The lowest BCUT2D eigenvalue weighted by atomic mass is 10.2. The van der Waals surface area contributed by atoms with Gasteiger partial charge < -0.3 is 14.7 Å². The van der Waals surface area contributed by atoms with Crippen molar-refractivity contribution < 1.29 is 9.84 Å². The number of ether oxygens (including phenoxy) is 1. The van der Waals surface area contributed by atoms with Gasteiger partial charge in [0.05, 0.1) is 13.8 Å². The summed E-state index contributed by atoms with van der Waals surface area (Å²) >= 11 is 0. The normalized spacial score (nSPS) is 17.5. The molecule has 1 aliphatic rings. The first-order valence-electron chi connectivity index (χ1n) is 5.55. The minimum absolute atomic E-state index is 0.163. The van der Waals surface area contributed by atoms with Crippen molar-refractivity contribution in [2.45, 2.75) is 0 Å². The fourth-order valence-electron chi connectivity index (χ4n) is 1.94. The SMILES string of the molecule is COc1ccc(N2CCN(CO)CC2)cc1. The van der Waals surface area contributed by atoms with Gasteiger partial charge in [-0.2, -0.15) is 0 Å². The number of aliphatic hydroxyl groups excluding tert-OH is 1. The predicted octanol–water partition coefficient (Wildman–Crippen LogP) is 0.767. The first-order valence-corrected chi connectivity index (χ1v) is 5.55. The fourth-order valence-corrected chi connectivity index (χ4v) is 1.94. The topological polar surface area (TPSA) is 35.9 Å². The van der Waals surface area contributed by atoms with Crippen LogP contribution in [0.5, 0.6) is 5.75 Å². The second-order valence-corrected chi connectivity index (χ2v) is 3.94. The summed E-state index contributed by atoms with van der Waals surface area (Å²) in [6.07, 6.45) is 0. The van der Waals surface area contributed by atoms with Crippen LogP contribution in [0.15, 0.2) is 24.3 Å². The zero-order valence-electron chi connectivity index (χ0n) is 9.59. The quantitative estimate of drug-likeness (QED) is 0.819. The molecule has 0 atom stereocenters. The highest BCUT2D eigenvalue weighted by molar-refractivity contribution is 5.49. The molecule has 1 fully saturated rings. The summed E-state index contributed by atoms with van der Waals surface area (Å²) in [5.74, 6) is 0.887. The summed E-state index contributed by atoms with van der Waals surface area (Å²) in [5.41, 5.74) is 1.22. The highest BCUT2D eigenvalue weighted by atomic mass is 16.5. The highest BCUT2D eigenvalue weighted by Crippen LogP contribution is 2.20.